The van der Waals surface area contributed by atoms with Crippen LogP contribution in [0.2, 0.25) is 0 Å². The summed E-state index contributed by atoms with van der Waals surface area (Å²) in [6.07, 6.45) is 4.96. The first-order valence-electron chi connectivity index (χ1n) is 7.20. The maximum absolute atomic E-state index is 10.1. The molecule has 5 nitrogen and oxygen atoms in total. The van der Waals surface area contributed by atoms with E-state index < -0.39 is 11.2 Å². The van der Waals surface area contributed by atoms with E-state index in [9.17, 15) is 5.11 Å². The summed E-state index contributed by atoms with van der Waals surface area (Å²) in [5, 5.41) is 14.4. The van der Waals surface area contributed by atoms with Crippen LogP contribution in [0.3, 0.4) is 0 Å². The van der Waals surface area contributed by atoms with Crippen LogP contribution in [-0.2, 0) is 9.39 Å². The van der Waals surface area contributed by atoms with Crippen molar-refractivity contribution in [2.45, 2.75) is 64.4 Å². The van der Waals surface area contributed by atoms with Crippen LogP contribution in [0.25, 0.3) is 0 Å². The molecule has 1 aromatic rings. The summed E-state index contributed by atoms with van der Waals surface area (Å²) >= 11 is 0. The highest BCUT2D eigenvalue weighted by Crippen LogP contribution is 2.24. The van der Waals surface area contributed by atoms with Crippen molar-refractivity contribution in [3.05, 3.63) is 12.3 Å². The SMILES string of the molecule is CC(C)(O)C(C)(C)O[B]c1ccnn1C1CCCCO1. The molecule has 1 N–H and O–H groups in total. The highest BCUT2D eigenvalue weighted by Gasteiger charge is 2.36. The Kier molecular flexibility index (Phi) is 4.57. The lowest BCUT2D eigenvalue weighted by molar-refractivity contribution is -0.0897. The van der Waals surface area contributed by atoms with Crippen molar-refractivity contribution < 1.29 is 14.5 Å². The van der Waals surface area contributed by atoms with Crippen LogP contribution in [-0.4, -0.2) is 40.2 Å². The third-order valence-corrected chi connectivity index (χ3v) is 4.08. The van der Waals surface area contributed by atoms with Crippen molar-refractivity contribution in [3.63, 3.8) is 0 Å². The Balaban J connectivity index is 2.02. The molecule has 0 aliphatic carbocycles. The van der Waals surface area contributed by atoms with Crippen molar-refractivity contribution in [1.82, 2.24) is 9.78 Å². The van der Waals surface area contributed by atoms with Crippen LogP contribution in [0.4, 0.5) is 0 Å². The summed E-state index contributed by atoms with van der Waals surface area (Å²) in [5.41, 5.74) is -0.764. The highest BCUT2D eigenvalue weighted by molar-refractivity contribution is 6.45. The molecule has 20 heavy (non-hydrogen) atoms. The molecule has 1 fully saturated rings. The lowest BCUT2D eigenvalue weighted by Gasteiger charge is -2.37. The van der Waals surface area contributed by atoms with E-state index in [2.05, 4.69) is 5.10 Å². The summed E-state index contributed by atoms with van der Waals surface area (Å²) in [4.78, 5) is 0. The fraction of sp³-hybridized carbons (Fsp3) is 0.786. The number of rotatable bonds is 5. The Morgan fingerprint density at radius 3 is 2.75 bits per heavy atom. The standard InChI is InChI=1S/C14H24BN2O3/c1-13(2,18)14(3,4)20-15-11-8-9-16-17(11)12-7-5-6-10-19-12/h8-9,12,18H,5-7,10H2,1-4H3. The fourth-order valence-corrected chi connectivity index (χ4v) is 1.93. The van der Waals surface area contributed by atoms with Crippen LogP contribution >= 0.6 is 0 Å². The van der Waals surface area contributed by atoms with Gasteiger partial charge in [0.05, 0.1) is 11.2 Å². The van der Waals surface area contributed by atoms with E-state index in [-0.39, 0.29) is 6.23 Å². The van der Waals surface area contributed by atoms with Crippen LogP contribution in [0.1, 0.15) is 53.2 Å². The zero-order valence-electron chi connectivity index (χ0n) is 12.8. The maximum atomic E-state index is 10.1. The van der Waals surface area contributed by atoms with Crippen LogP contribution in [0.5, 0.6) is 0 Å². The second-order valence-corrected chi connectivity index (χ2v) is 6.33. The van der Waals surface area contributed by atoms with Crippen molar-refractivity contribution in [2.24, 2.45) is 0 Å². The van der Waals surface area contributed by atoms with E-state index in [1.807, 2.05) is 24.6 Å². The number of hydrogen-bond donors (Lipinski definition) is 1. The zero-order chi connectivity index (χ0) is 14.8. The van der Waals surface area contributed by atoms with Gasteiger partial charge in [-0.05, 0) is 53.0 Å². The van der Waals surface area contributed by atoms with Gasteiger partial charge in [-0.1, -0.05) is 0 Å². The molecule has 1 atom stereocenters. The molecule has 1 aliphatic heterocycles. The summed E-state index contributed by atoms with van der Waals surface area (Å²) in [5.74, 6) is 0. The van der Waals surface area contributed by atoms with E-state index in [0.29, 0.717) is 0 Å². The van der Waals surface area contributed by atoms with Gasteiger partial charge in [0.2, 0.25) is 0 Å². The molecule has 6 heteroatoms. The molecule has 2 rings (SSSR count). The van der Waals surface area contributed by atoms with Gasteiger partial charge in [0.15, 0.2) is 0 Å². The molecular formula is C14H24BN2O3. The van der Waals surface area contributed by atoms with Gasteiger partial charge < -0.3 is 14.5 Å². The molecule has 0 amide bonds. The summed E-state index contributed by atoms with van der Waals surface area (Å²) in [7, 11) is 1.66. The first-order chi connectivity index (χ1) is 9.31. The molecule has 2 heterocycles. The number of aromatic nitrogens is 2. The molecule has 1 radical (unpaired) electrons. The van der Waals surface area contributed by atoms with Crippen LogP contribution < -0.4 is 5.59 Å². The minimum absolute atomic E-state index is 0.0150. The molecule has 0 saturated carbocycles. The predicted molar refractivity (Wildman–Crippen MR) is 77.9 cm³/mol. The van der Waals surface area contributed by atoms with Gasteiger partial charge in [-0.15, -0.1) is 0 Å². The number of aliphatic hydroxyl groups is 1. The Bertz CT molecular complexity index is 434. The van der Waals surface area contributed by atoms with E-state index >= 15 is 0 Å². The molecule has 1 aliphatic rings. The lowest BCUT2D eigenvalue weighted by Crippen LogP contribution is -2.50. The van der Waals surface area contributed by atoms with Crippen LogP contribution in [0.15, 0.2) is 12.3 Å². The average Bonchev–Trinajstić information content (AvgIpc) is 2.84. The third-order valence-electron chi connectivity index (χ3n) is 4.08. The van der Waals surface area contributed by atoms with Gasteiger partial charge in [-0.3, -0.25) is 0 Å². The normalized spacial score (nSPS) is 20.9. The summed E-state index contributed by atoms with van der Waals surface area (Å²) in [6.45, 7) is 7.98. The largest absolute Gasteiger partial charge is 0.425 e. The molecular weight excluding hydrogens is 255 g/mol. The predicted octanol–water partition coefficient (Wildman–Crippen LogP) is 1.39. The molecule has 111 valence electrons. The van der Waals surface area contributed by atoms with Crippen molar-refractivity contribution in [2.75, 3.05) is 6.61 Å². The van der Waals surface area contributed by atoms with E-state index in [1.54, 1.807) is 27.5 Å². The molecule has 0 bridgehead atoms. The number of hydrogen-bond acceptors (Lipinski definition) is 4. The van der Waals surface area contributed by atoms with Gasteiger partial charge in [-0.2, -0.15) is 5.10 Å². The van der Waals surface area contributed by atoms with Gasteiger partial charge in [0.25, 0.3) is 0 Å². The quantitative estimate of drug-likeness (QED) is 0.828. The van der Waals surface area contributed by atoms with Crippen molar-refractivity contribution in [3.8, 4) is 0 Å². The zero-order valence-corrected chi connectivity index (χ0v) is 12.8. The molecule has 1 saturated heterocycles. The second kappa shape index (κ2) is 5.88. The van der Waals surface area contributed by atoms with Gasteiger partial charge in [0.1, 0.15) is 6.23 Å². The van der Waals surface area contributed by atoms with E-state index in [1.165, 1.54) is 0 Å². The average molecular weight is 279 g/mol. The Hall–Kier alpha value is -0.845. The lowest BCUT2D eigenvalue weighted by atomic mass is 9.85. The monoisotopic (exact) mass is 279 g/mol. The van der Waals surface area contributed by atoms with Gasteiger partial charge in [-0.25, -0.2) is 4.68 Å². The highest BCUT2D eigenvalue weighted by atomic mass is 16.5. The summed E-state index contributed by atoms with van der Waals surface area (Å²) in [6, 6.07) is 1.89. The number of ether oxygens (including phenoxy) is 1. The van der Waals surface area contributed by atoms with Crippen molar-refractivity contribution >= 4 is 13.1 Å². The fourth-order valence-electron chi connectivity index (χ4n) is 1.93. The first-order valence-corrected chi connectivity index (χ1v) is 7.20. The molecule has 1 aromatic heterocycles. The first kappa shape index (κ1) is 15.5. The second-order valence-electron chi connectivity index (χ2n) is 6.33. The van der Waals surface area contributed by atoms with Crippen molar-refractivity contribution in [1.29, 1.82) is 0 Å². The van der Waals surface area contributed by atoms with Gasteiger partial charge >= 0.3 is 7.48 Å². The molecule has 0 aromatic carbocycles. The smallest absolute Gasteiger partial charge is 0.351 e. The minimum atomic E-state index is -0.935. The molecule has 0 spiro atoms. The topological polar surface area (TPSA) is 56.5 Å². The third kappa shape index (κ3) is 3.43. The minimum Gasteiger partial charge on any atom is -0.425 e. The van der Waals surface area contributed by atoms with E-state index in [4.69, 9.17) is 9.39 Å². The Labute approximate surface area is 121 Å². The Morgan fingerprint density at radius 2 is 2.15 bits per heavy atom. The maximum Gasteiger partial charge on any atom is 0.351 e. The van der Waals surface area contributed by atoms with Gasteiger partial charge in [0, 0.05) is 18.4 Å². The Morgan fingerprint density at radius 1 is 1.40 bits per heavy atom. The summed E-state index contributed by atoms with van der Waals surface area (Å²) < 4.78 is 13.4. The molecule has 1 unspecified atom stereocenters. The van der Waals surface area contributed by atoms with E-state index in [0.717, 1.165) is 31.5 Å². The van der Waals surface area contributed by atoms with Crippen LogP contribution in [0, 0.1) is 0 Å². The number of nitrogens with zero attached hydrogens (tertiary/aromatic N) is 2.